The second-order valence-corrected chi connectivity index (χ2v) is 5.09. The first-order valence-electron chi connectivity index (χ1n) is 6.34. The summed E-state index contributed by atoms with van der Waals surface area (Å²) < 4.78 is 5.46. The standard InChI is InChI=1S/C16H20O2/c1-10(2)13-5-7-14(8-6-13)16(17)15-9-11(3)18-12(15)4/h5-10,16-17H,1-4H3. The van der Waals surface area contributed by atoms with Gasteiger partial charge in [-0.15, -0.1) is 0 Å². The highest BCUT2D eigenvalue weighted by molar-refractivity contribution is 5.34. The Bertz CT molecular complexity index is 521. The molecule has 0 bridgehead atoms. The number of aliphatic hydroxyl groups excluding tert-OH is 1. The van der Waals surface area contributed by atoms with Crippen LogP contribution < -0.4 is 0 Å². The molecule has 1 N–H and O–H groups in total. The van der Waals surface area contributed by atoms with Gasteiger partial charge in [0.05, 0.1) is 0 Å². The minimum absolute atomic E-state index is 0.508. The Hall–Kier alpha value is -1.54. The lowest BCUT2D eigenvalue weighted by atomic mass is 9.97. The molecule has 2 rings (SSSR count). The minimum Gasteiger partial charge on any atom is -0.466 e. The Balaban J connectivity index is 2.28. The molecule has 1 aromatic heterocycles. The molecule has 0 saturated heterocycles. The third-order valence-corrected chi connectivity index (χ3v) is 3.29. The molecule has 0 aliphatic heterocycles. The van der Waals surface area contributed by atoms with E-state index in [2.05, 4.69) is 26.0 Å². The van der Waals surface area contributed by atoms with Crippen LogP contribution in [0.15, 0.2) is 34.7 Å². The quantitative estimate of drug-likeness (QED) is 0.881. The van der Waals surface area contributed by atoms with Gasteiger partial charge < -0.3 is 9.52 Å². The molecule has 1 unspecified atom stereocenters. The van der Waals surface area contributed by atoms with Crippen molar-refractivity contribution in [1.29, 1.82) is 0 Å². The number of hydrogen-bond donors (Lipinski definition) is 1. The van der Waals surface area contributed by atoms with E-state index < -0.39 is 6.10 Å². The lowest BCUT2D eigenvalue weighted by molar-refractivity contribution is 0.218. The van der Waals surface area contributed by atoms with Crippen LogP contribution in [-0.2, 0) is 0 Å². The number of benzene rings is 1. The fourth-order valence-electron chi connectivity index (χ4n) is 2.16. The smallest absolute Gasteiger partial charge is 0.107 e. The monoisotopic (exact) mass is 244 g/mol. The summed E-state index contributed by atoms with van der Waals surface area (Å²) in [4.78, 5) is 0. The summed E-state index contributed by atoms with van der Waals surface area (Å²) in [6, 6.07) is 10.0. The molecule has 0 amide bonds. The average Bonchev–Trinajstić information content (AvgIpc) is 2.67. The first kappa shape index (κ1) is 12.9. The molecule has 0 spiro atoms. The molecule has 0 aliphatic carbocycles. The number of aliphatic hydroxyl groups is 1. The van der Waals surface area contributed by atoms with Crippen molar-refractivity contribution in [3.8, 4) is 0 Å². The van der Waals surface area contributed by atoms with Crippen molar-refractivity contribution < 1.29 is 9.52 Å². The van der Waals surface area contributed by atoms with Gasteiger partial charge in [0.1, 0.15) is 17.6 Å². The van der Waals surface area contributed by atoms with Crippen molar-refractivity contribution in [2.45, 2.75) is 39.7 Å². The summed E-state index contributed by atoms with van der Waals surface area (Å²) in [5, 5.41) is 10.4. The van der Waals surface area contributed by atoms with Crippen LogP contribution in [0.3, 0.4) is 0 Å². The van der Waals surface area contributed by atoms with E-state index in [-0.39, 0.29) is 0 Å². The Labute approximate surface area is 108 Å². The first-order chi connectivity index (χ1) is 8.49. The molecule has 1 aromatic carbocycles. The van der Waals surface area contributed by atoms with E-state index in [4.69, 9.17) is 4.42 Å². The number of hydrogen-bond acceptors (Lipinski definition) is 2. The van der Waals surface area contributed by atoms with Gasteiger partial charge in [-0.2, -0.15) is 0 Å². The van der Waals surface area contributed by atoms with Crippen molar-refractivity contribution in [1.82, 2.24) is 0 Å². The number of rotatable bonds is 3. The maximum atomic E-state index is 10.4. The fourth-order valence-corrected chi connectivity index (χ4v) is 2.16. The Morgan fingerprint density at radius 1 is 1.00 bits per heavy atom. The maximum absolute atomic E-state index is 10.4. The molecule has 0 radical (unpaired) electrons. The van der Waals surface area contributed by atoms with E-state index in [9.17, 15) is 5.11 Å². The topological polar surface area (TPSA) is 33.4 Å². The summed E-state index contributed by atoms with van der Waals surface area (Å²) in [7, 11) is 0. The minimum atomic E-state index is -0.608. The second kappa shape index (κ2) is 4.99. The van der Waals surface area contributed by atoms with Gasteiger partial charge in [-0.25, -0.2) is 0 Å². The highest BCUT2D eigenvalue weighted by Crippen LogP contribution is 2.28. The highest BCUT2D eigenvalue weighted by Gasteiger charge is 2.16. The van der Waals surface area contributed by atoms with Gasteiger partial charge in [-0.1, -0.05) is 38.1 Å². The van der Waals surface area contributed by atoms with Gasteiger partial charge in [0, 0.05) is 5.56 Å². The maximum Gasteiger partial charge on any atom is 0.107 e. The molecular formula is C16H20O2. The molecule has 0 aliphatic rings. The summed E-state index contributed by atoms with van der Waals surface area (Å²) in [5.74, 6) is 2.13. The van der Waals surface area contributed by atoms with Crippen LogP contribution in [0.4, 0.5) is 0 Å². The molecule has 0 saturated carbocycles. The van der Waals surface area contributed by atoms with E-state index in [0.29, 0.717) is 5.92 Å². The predicted octanol–water partition coefficient (Wildman–Crippen LogP) is 4.10. The lowest BCUT2D eigenvalue weighted by Gasteiger charge is -2.12. The van der Waals surface area contributed by atoms with Gasteiger partial charge in [0.2, 0.25) is 0 Å². The van der Waals surface area contributed by atoms with E-state index in [1.165, 1.54) is 5.56 Å². The van der Waals surface area contributed by atoms with Gasteiger partial charge in [0.15, 0.2) is 0 Å². The van der Waals surface area contributed by atoms with Gasteiger partial charge >= 0.3 is 0 Å². The molecule has 2 nitrogen and oxygen atoms in total. The predicted molar refractivity (Wildman–Crippen MR) is 72.8 cm³/mol. The molecule has 0 fully saturated rings. The van der Waals surface area contributed by atoms with Crippen LogP contribution in [0, 0.1) is 13.8 Å². The van der Waals surface area contributed by atoms with Crippen LogP contribution in [0.5, 0.6) is 0 Å². The normalized spacial score (nSPS) is 13.0. The molecule has 2 heteroatoms. The second-order valence-electron chi connectivity index (χ2n) is 5.09. The zero-order chi connectivity index (χ0) is 13.3. The number of aryl methyl sites for hydroxylation is 2. The highest BCUT2D eigenvalue weighted by atomic mass is 16.3. The van der Waals surface area contributed by atoms with Gasteiger partial charge in [-0.3, -0.25) is 0 Å². The van der Waals surface area contributed by atoms with Crippen molar-refractivity contribution in [3.05, 3.63) is 58.5 Å². The molecule has 18 heavy (non-hydrogen) atoms. The lowest BCUT2D eigenvalue weighted by Crippen LogP contribution is -2.00. The Kier molecular flexibility index (Phi) is 3.58. The van der Waals surface area contributed by atoms with Crippen LogP contribution in [0.2, 0.25) is 0 Å². The van der Waals surface area contributed by atoms with Crippen LogP contribution in [0.25, 0.3) is 0 Å². The third-order valence-electron chi connectivity index (χ3n) is 3.29. The third kappa shape index (κ3) is 2.49. The fraction of sp³-hybridized carbons (Fsp3) is 0.375. The van der Waals surface area contributed by atoms with Crippen LogP contribution in [-0.4, -0.2) is 5.11 Å². The number of furan rings is 1. The van der Waals surface area contributed by atoms with Crippen molar-refractivity contribution in [3.63, 3.8) is 0 Å². The van der Waals surface area contributed by atoms with Gasteiger partial charge in [0.25, 0.3) is 0 Å². The zero-order valence-electron chi connectivity index (χ0n) is 11.4. The van der Waals surface area contributed by atoms with E-state index >= 15 is 0 Å². The average molecular weight is 244 g/mol. The largest absolute Gasteiger partial charge is 0.466 e. The zero-order valence-corrected chi connectivity index (χ0v) is 11.4. The molecule has 1 atom stereocenters. The summed E-state index contributed by atoms with van der Waals surface area (Å²) in [6.07, 6.45) is -0.608. The van der Waals surface area contributed by atoms with Crippen molar-refractivity contribution in [2.75, 3.05) is 0 Å². The van der Waals surface area contributed by atoms with E-state index in [1.807, 2.05) is 32.0 Å². The van der Waals surface area contributed by atoms with Crippen LogP contribution >= 0.6 is 0 Å². The Morgan fingerprint density at radius 2 is 1.56 bits per heavy atom. The van der Waals surface area contributed by atoms with E-state index in [0.717, 1.165) is 22.6 Å². The summed E-state index contributed by atoms with van der Waals surface area (Å²) in [5.41, 5.74) is 3.04. The molecule has 96 valence electrons. The first-order valence-corrected chi connectivity index (χ1v) is 6.34. The SMILES string of the molecule is Cc1cc(C(O)c2ccc(C(C)C)cc2)c(C)o1. The van der Waals surface area contributed by atoms with Crippen molar-refractivity contribution in [2.24, 2.45) is 0 Å². The molecule has 1 heterocycles. The van der Waals surface area contributed by atoms with Crippen LogP contribution in [0.1, 0.15) is 54.1 Å². The molecular weight excluding hydrogens is 224 g/mol. The summed E-state index contributed by atoms with van der Waals surface area (Å²) in [6.45, 7) is 8.10. The Morgan fingerprint density at radius 3 is 2.00 bits per heavy atom. The van der Waals surface area contributed by atoms with E-state index in [1.54, 1.807) is 0 Å². The van der Waals surface area contributed by atoms with Crippen molar-refractivity contribution >= 4 is 0 Å². The molecule has 2 aromatic rings. The van der Waals surface area contributed by atoms with Gasteiger partial charge in [-0.05, 0) is 37.0 Å². The summed E-state index contributed by atoms with van der Waals surface area (Å²) >= 11 is 0.